The summed E-state index contributed by atoms with van der Waals surface area (Å²) in [4.78, 5) is 8.34. The summed E-state index contributed by atoms with van der Waals surface area (Å²) in [5, 5.41) is 0. The highest BCUT2D eigenvalue weighted by Gasteiger charge is 2.25. The Morgan fingerprint density at radius 2 is 1.72 bits per heavy atom. The van der Waals surface area contributed by atoms with Gasteiger partial charge < -0.3 is 0 Å². The van der Waals surface area contributed by atoms with Gasteiger partial charge in [-0.25, -0.2) is 25.9 Å². The maximum absolute atomic E-state index is 15.0. The molecule has 0 aliphatic carbocycles. The number of aliphatic imine (C=N–C) groups is 2. The number of hydrogen-bond donors (Lipinski definition) is 2. The van der Waals surface area contributed by atoms with Crippen LogP contribution in [0.1, 0.15) is 26.3 Å². The maximum Gasteiger partial charge on any atom is 0.241 e. The van der Waals surface area contributed by atoms with Crippen molar-refractivity contribution in [3.8, 4) is 11.1 Å². The summed E-state index contributed by atoms with van der Waals surface area (Å²) in [7, 11) is -7.27. The Morgan fingerprint density at radius 3 is 2.28 bits per heavy atom. The molecule has 0 spiro atoms. The van der Waals surface area contributed by atoms with E-state index in [1.165, 1.54) is 24.4 Å². The molecule has 0 saturated carbocycles. The molecule has 1 heterocycles. The monoisotopic (exact) mass is 480 g/mol. The van der Waals surface area contributed by atoms with Crippen LogP contribution in [0.3, 0.4) is 0 Å². The summed E-state index contributed by atoms with van der Waals surface area (Å²) in [6.45, 7) is 5.26. The molecular weight excluding hydrogens is 455 g/mol. The van der Waals surface area contributed by atoms with Crippen LogP contribution < -0.4 is 9.44 Å². The molecule has 8 nitrogen and oxygen atoms in total. The SMILES string of the molecule is CC(C)(C)NS(=O)(=O)c1ccccc1-c1ccc(C2=NCC(NS(C)(=O)=O)N=C2)c(F)c1. The third-order valence-corrected chi connectivity index (χ3v) is 6.85. The molecule has 1 aliphatic heterocycles. The third-order valence-electron chi connectivity index (χ3n) is 4.33. The van der Waals surface area contributed by atoms with Crippen molar-refractivity contribution < 1.29 is 21.2 Å². The summed E-state index contributed by atoms with van der Waals surface area (Å²) >= 11 is 0. The highest BCUT2D eigenvalue weighted by atomic mass is 32.2. The fourth-order valence-corrected chi connectivity index (χ4v) is 5.47. The summed E-state index contributed by atoms with van der Waals surface area (Å²) in [5.41, 5.74) is 0.542. The van der Waals surface area contributed by atoms with Crippen molar-refractivity contribution in [1.29, 1.82) is 0 Å². The van der Waals surface area contributed by atoms with E-state index in [1.54, 1.807) is 45.0 Å². The van der Waals surface area contributed by atoms with Gasteiger partial charge in [-0.1, -0.05) is 24.3 Å². The van der Waals surface area contributed by atoms with Crippen molar-refractivity contribution >= 4 is 32.0 Å². The molecule has 0 radical (unpaired) electrons. The van der Waals surface area contributed by atoms with Crippen LogP contribution in [-0.4, -0.2) is 53.3 Å². The minimum Gasteiger partial charge on any atom is -0.279 e. The summed E-state index contributed by atoms with van der Waals surface area (Å²) in [6, 6.07) is 10.7. The van der Waals surface area contributed by atoms with Crippen LogP contribution in [0.25, 0.3) is 11.1 Å². The fraction of sp³-hybridized carbons (Fsp3) is 0.333. The van der Waals surface area contributed by atoms with Crippen molar-refractivity contribution in [2.45, 2.75) is 37.4 Å². The zero-order chi connectivity index (χ0) is 23.7. The number of halogens is 1. The Morgan fingerprint density at radius 1 is 1.03 bits per heavy atom. The van der Waals surface area contributed by atoms with Crippen molar-refractivity contribution in [3.05, 3.63) is 53.8 Å². The molecule has 2 aromatic rings. The first-order valence-electron chi connectivity index (χ1n) is 9.73. The van der Waals surface area contributed by atoms with Crippen molar-refractivity contribution in [1.82, 2.24) is 9.44 Å². The zero-order valence-corrected chi connectivity index (χ0v) is 19.8. The molecule has 1 aliphatic rings. The van der Waals surface area contributed by atoms with Crippen molar-refractivity contribution in [3.63, 3.8) is 0 Å². The van der Waals surface area contributed by atoms with Gasteiger partial charge in [-0.2, -0.15) is 4.72 Å². The molecular formula is C21H25FN4O4S2. The first-order valence-corrected chi connectivity index (χ1v) is 13.1. The largest absolute Gasteiger partial charge is 0.279 e. The van der Waals surface area contributed by atoms with Crippen LogP contribution in [0.15, 0.2) is 57.3 Å². The molecule has 172 valence electrons. The van der Waals surface area contributed by atoms with E-state index in [0.717, 1.165) is 6.26 Å². The van der Waals surface area contributed by atoms with E-state index in [0.29, 0.717) is 11.1 Å². The predicted molar refractivity (Wildman–Crippen MR) is 124 cm³/mol. The normalized spacial score (nSPS) is 17.3. The number of nitrogens with one attached hydrogen (secondary N) is 2. The van der Waals surface area contributed by atoms with E-state index in [9.17, 15) is 21.2 Å². The van der Waals surface area contributed by atoms with Crippen molar-refractivity contribution in [2.24, 2.45) is 9.98 Å². The summed E-state index contributed by atoms with van der Waals surface area (Å²) < 4.78 is 68.3. The van der Waals surface area contributed by atoms with Gasteiger partial charge in [-0.3, -0.25) is 9.98 Å². The molecule has 0 bridgehead atoms. The quantitative estimate of drug-likeness (QED) is 0.660. The molecule has 0 fully saturated rings. The second kappa shape index (κ2) is 8.81. The molecule has 2 aromatic carbocycles. The van der Waals surface area contributed by atoms with Gasteiger partial charge in [0.2, 0.25) is 20.0 Å². The van der Waals surface area contributed by atoms with Crippen LogP contribution >= 0.6 is 0 Å². The first-order chi connectivity index (χ1) is 14.8. The van der Waals surface area contributed by atoms with Gasteiger partial charge in [-0.05, 0) is 44.5 Å². The zero-order valence-electron chi connectivity index (χ0n) is 18.1. The lowest BCUT2D eigenvalue weighted by molar-refractivity contribution is 0.491. The van der Waals surface area contributed by atoms with Crippen LogP contribution in [0.2, 0.25) is 0 Å². The smallest absolute Gasteiger partial charge is 0.241 e. The Balaban J connectivity index is 1.92. The summed E-state index contributed by atoms with van der Waals surface area (Å²) in [6.07, 6.45) is 1.61. The lowest BCUT2D eigenvalue weighted by atomic mass is 10.0. The highest BCUT2D eigenvalue weighted by molar-refractivity contribution is 7.89. The van der Waals surface area contributed by atoms with E-state index in [-0.39, 0.29) is 22.7 Å². The summed E-state index contributed by atoms with van der Waals surface area (Å²) in [5.74, 6) is -0.599. The van der Waals surface area contributed by atoms with Crippen LogP contribution in [0.5, 0.6) is 0 Å². The minimum atomic E-state index is -3.83. The molecule has 11 heteroatoms. The second-order valence-electron chi connectivity index (χ2n) is 8.46. The highest BCUT2D eigenvalue weighted by Crippen LogP contribution is 2.29. The molecule has 0 aromatic heterocycles. The third kappa shape index (κ3) is 6.06. The van der Waals surface area contributed by atoms with Crippen LogP contribution in [-0.2, 0) is 20.0 Å². The van der Waals surface area contributed by atoms with Gasteiger partial charge in [0.25, 0.3) is 0 Å². The molecule has 2 N–H and O–H groups in total. The first kappa shape index (κ1) is 24.2. The predicted octanol–water partition coefficient (Wildman–Crippen LogP) is 2.32. The van der Waals surface area contributed by atoms with Gasteiger partial charge in [0.05, 0.1) is 23.4 Å². The average molecular weight is 481 g/mol. The second-order valence-corrected chi connectivity index (χ2v) is 11.9. The van der Waals surface area contributed by atoms with E-state index in [4.69, 9.17) is 0 Å². The Labute approximate surface area is 187 Å². The molecule has 32 heavy (non-hydrogen) atoms. The van der Waals surface area contributed by atoms with Crippen LogP contribution in [0.4, 0.5) is 4.39 Å². The van der Waals surface area contributed by atoms with Gasteiger partial charge in [0.1, 0.15) is 12.0 Å². The Hall–Kier alpha value is -2.47. The van der Waals surface area contributed by atoms with E-state index < -0.39 is 37.6 Å². The number of hydrogen-bond acceptors (Lipinski definition) is 6. The number of rotatable bonds is 6. The minimum absolute atomic E-state index is 0.0413. The van der Waals surface area contributed by atoms with Gasteiger partial charge in [0, 0.05) is 22.9 Å². The van der Waals surface area contributed by atoms with Crippen molar-refractivity contribution in [2.75, 3.05) is 12.8 Å². The molecule has 0 amide bonds. The Kier molecular flexibility index (Phi) is 6.66. The van der Waals surface area contributed by atoms with E-state index in [2.05, 4.69) is 19.4 Å². The molecule has 0 saturated heterocycles. The number of benzene rings is 2. The van der Waals surface area contributed by atoms with E-state index >= 15 is 0 Å². The maximum atomic E-state index is 15.0. The molecule has 1 atom stereocenters. The van der Waals surface area contributed by atoms with Gasteiger partial charge in [-0.15, -0.1) is 0 Å². The lowest BCUT2D eigenvalue weighted by Crippen LogP contribution is -2.40. The van der Waals surface area contributed by atoms with Gasteiger partial charge >= 0.3 is 0 Å². The molecule has 3 rings (SSSR count). The van der Waals surface area contributed by atoms with Crippen LogP contribution in [0, 0.1) is 5.82 Å². The average Bonchev–Trinajstić information content (AvgIpc) is 2.66. The number of nitrogens with zero attached hydrogens (tertiary/aromatic N) is 2. The van der Waals surface area contributed by atoms with Gasteiger partial charge in [0.15, 0.2) is 0 Å². The fourth-order valence-electron chi connectivity index (χ4n) is 3.19. The standard InChI is InChI=1S/C21H25FN4O4S2/c1-21(2,3)26-32(29,30)19-8-6-5-7-15(19)14-9-10-16(17(22)11-14)18-12-24-20(13-23-18)25-31(4,27)28/h5-12,20,25-26H,13H2,1-4H3. The molecule has 1 unspecified atom stereocenters. The topological polar surface area (TPSA) is 117 Å². The lowest BCUT2D eigenvalue weighted by Gasteiger charge is -2.21. The Bertz CT molecular complexity index is 1300. The van der Waals surface area contributed by atoms with E-state index in [1.807, 2.05) is 0 Å². The number of sulfonamides is 2.